The van der Waals surface area contributed by atoms with Gasteiger partial charge in [0.05, 0.1) is 0 Å². The maximum Gasteiger partial charge on any atom is 0.120 e. The van der Waals surface area contributed by atoms with Crippen LogP contribution in [0.3, 0.4) is 0 Å². The molecule has 0 atom stereocenters. The molecule has 0 spiro atoms. The molecule has 0 amide bonds. The smallest absolute Gasteiger partial charge is 0.120 e. The SMILES string of the molecule is ClCc1ccc(CNCCOc2cccc(Br)c2)cc1. The van der Waals surface area contributed by atoms with E-state index in [1.54, 1.807) is 0 Å². The Hall–Kier alpha value is -1.03. The molecule has 20 heavy (non-hydrogen) atoms. The fraction of sp³-hybridized carbons (Fsp3) is 0.250. The summed E-state index contributed by atoms with van der Waals surface area (Å²) in [5.74, 6) is 1.45. The van der Waals surface area contributed by atoms with Crippen molar-refractivity contribution in [3.05, 3.63) is 64.1 Å². The molecule has 0 radical (unpaired) electrons. The number of benzene rings is 2. The molecule has 0 aliphatic carbocycles. The van der Waals surface area contributed by atoms with Gasteiger partial charge in [-0.2, -0.15) is 0 Å². The Balaban J connectivity index is 1.66. The average molecular weight is 355 g/mol. The van der Waals surface area contributed by atoms with Crippen molar-refractivity contribution in [1.82, 2.24) is 5.32 Å². The first kappa shape index (κ1) is 15.4. The fourth-order valence-electron chi connectivity index (χ4n) is 1.78. The van der Waals surface area contributed by atoms with Crippen LogP contribution in [-0.2, 0) is 12.4 Å². The van der Waals surface area contributed by atoms with Crippen molar-refractivity contribution in [2.75, 3.05) is 13.2 Å². The number of hydrogen-bond donors (Lipinski definition) is 1. The average Bonchev–Trinajstić information content (AvgIpc) is 2.48. The third-order valence-corrected chi connectivity index (χ3v) is 3.65. The van der Waals surface area contributed by atoms with Gasteiger partial charge in [-0.25, -0.2) is 0 Å². The lowest BCUT2D eigenvalue weighted by molar-refractivity contribution is 0.313. The maximum absolute atomic E-state index is 5.76. The third-order valence-electron chi connectivity index (χ3n) is 2.85. The second-order valence-electron chi connectivity index (χ2n) is 4.43. The Morgan fingerprint density at radius 2 is 1.80 bits per heavy atom. The lowest BCUT2D eigenvalue weighted by Crippen LogP contribution is -2.20. The van der Waals surface area contributed by atoms with E-state index in [0.717, 1.165) is 28.9 Å². The minimum atomic E-state index is 0.564. The number of ether oxygens (including phenoxy) is 1. The van der Waals surface area contributed by atoms with E-state index in [-0.39, 0.29) is 0 Å². The van der Waals surface area contributed by atoms with Crippen LogP contribution in [0, 0.1) is 0 Å². The lowest BCUT2D eigenvalue weighted by atomic mass is 10.1. The van der Waals surface area contributed by atoms with Crippen LogP contribution in [0.2, 0.25) is 0 Å². The Morgan fingerprint density at radius 3 is 2.50 bits per heavy atom. The van der Waals surface area contributed by atoms with E-state index in [9.17, 15) is 0 Å². The molecule has 0 bridgehead atoms. The molecule has 4 heteroatoms. The zero-order valence-electron chi connectivity index (χ0n) is 11.1. The molecule has 1 N–H and O–H groups in total. The zero-order valence-corrected chi connectivity index (χ0v) is 13.5. The van der Waals surface area contributed by atoms with Gasteiger partial charge in [-0.05, 0) is 29.3 Å². The molecule has 2 aromatic rings. The predicted octanol–water partition coefficient (Wildman–Crippen LogP) is 4.36. The summed E-state index contributed by atoms with van der Waals surface area (Å²) >= 11 is 9.18. The van der Waals surface area contributed by atoms with Crippen molar-refractivity contribution in [3.8, 4) is 5.75 Å². The van der Waals surface area contributed by atoms with Gasteiger partial charge < -0.3 is 10.1 Å². The van der Waals surface area contributed by atoms with Crippen LogP contribution in [-0.4, -0.2) is 13.2 Å². The number of rotatable bonds is 7. The number of halogens is 2. The van der Waals surface area contributed by atoms with E-state index in [4.69, 9.17) is 16.3 Å². The van der Waals surface area contributed by atoms with Crippen LogP contribution in [0.25, 0.3) is 0 Å². The highest BCUT2D eigenvalue weighted by Gasteiger charge is 1.96. The van der Waals surface area contributed by atoms with Crippen molar-refractivity contribution in [1.29, 1.82) is 0 Å². The zero-order chi connectivity index (χ0) is 14.2. The van der Waals surface area contributed by atoms with Crippen LogP contribution < -0.4 is 10.1 Å². The number of nitrogens with one attached hydrogen (secondary N) is 1. The molecule has 0 saturated heterocycles. The molecule has 0 unspecified atom stereocenters. The highest BCUT2D eigenvalue weighted by atomic mass is 79.9. The Morgan fingerprint density at radius 1 is 1.05 bits per heavy atom. The van der Waals surface area contributed by atoms with Gasteiger partial charge in [-0.1, -0.05) is 46.3 Å². The molecule has 0 fully saturated rings. The van der Waals surface area contributed by atoms with Crippen LogP contribution >= 0.6 is 27.5 Å². The van der Waals surface area contributed by atoms with E-state index in [1.807, 2.05) is 24.3 Å². The van der Waals surface area contributed by atoms with Gasteiger partial charge in [0.15, 0.2) is 0 Å². The van der Waals surface area contributed by atoms with Crippen LogP contribution in [0.4, 0.5) is 0 Å². The molecule has 2 nitrogen and oxygen atoms in total. The van der Waals surface area contributed by atoms with Gasteiger partial charge in [0.1, 0.15) is 12.4 Å². The first-order chi connectivity index (χ1) is 9.78. The van der Waals surface area contributed by atoms with Crippen molar-refractivity contribution in [2.24, 2.45) is 0 Å². The minimum Gasteiger partial charge on any atom is -0.492 e. The molecule has 0 aliphatic rings. The largest absolute Gasteiger partial charge is 0.492 e. The summed E-state index contributed by atoms with van der Waals surface area (Å²) in [6.45, 7) is 2.30. The van der Waals surface area contributed by atoms with Crippen molar-refractivity contribution < 1.29 is 4.74 Å². The summed E-state index contributed by atoms with van der Waals surface area (Å²) in [6.07, 6.45) is 0. The summed E-state index contributed by atoms with van der Waals surface area (Å²) in [5, 5.41) is 3.35. The van der Waals surface area contributed by atoms with E-state index in [1.165, 1.54) is 5.56 Å². The maximum atomic E-state index is 5.76. The summed E-state index contributed by atoms with van der Waals surface area (Å²) in [4.78, 5) is 0. The third kappa shape index (κ3) is 5.16. The number of alkyl halides is 1. The number of hydrogen-bond acceptors (Lipinski definition) is 2. The lowest BCUT2D eigenvalue weighted by Gasteiger charge is -2.08. The Labute approximate surface area is 133 Å². The quantitative estimate of drug-likeness (QED) is 0.589. The molecule has 0 aromatic heterocycles. The van der Waals surface area contributed by atoms with Gasteiger partial charge in [0, 0.05) is 23.4 Å². The first-order valence-corrected chi connectivity index (χ1v) is 7.83. The van der Waals surface area contributed by atoms with E-state index in [0.29, 0.717) is 12.5 Å². The first-order valence-electron chi connectivity index (χ1n) is 6.51. The van der Waals surface area contributed by atoms with E-state index in [2.05, 4.69) is 45.5 Å². The summed E-state index contributed by atoms with van der Waals surface area (Å²) in [6, 6.07) is 16.2. The highest BCUT2D eigenvalue weighted by Crippen LogP contribution is 2.17. The normalized spacial score (nSPS) is 10.5. The summed E-state index contributed by atoms with van der Waals surface area (Å²) < 4.78 is 6.68. The summed E-state index contributed by atoms with van der Waals surface area (Å²) in [7, 11) is 0. The van der Waals surface area contributed by atoms with Crippen LogP contribution in [0.15, 0.2) is 53.0 Å². The van der Waals surface area contributed by atoms with Crippen molar-refractivity contribution >= 4 is 27.5 Å². The molecular formula is C16H17BrClNO. The van der Waals surface area contributed by atoms with Gasteiger partial charge in [0.25, 0.3) is 0 Å². The van der Waals surface area contributed by atoms with E-state index < -0.39 is 0 Å². The highest BCUT2D eigenvalue weighted by molar-refractivity contribution is 9.10. The molecule has 0 aliphatic heterocycles. The van der Waals surface area contributed by atoms with E-state index >= 15 is 0 Å². The van der Waals surface area contributed by atoms with Gasteiger partial charge in [-0.3, -0.25) is 0 Å². The minimum absolute atomic E-state index is 0.564. The standard InChI is InChI=1S/C16H17BrClNO/c17-15-2-1-3-16(10-15)20-9-8-19-12-14-6-4-13(11-18)5-7-14/h1-7,10,19H,8-9,11-12H2. The topological polar surface area (TPSA) is 21.3 Å². The van der Waals surface area contributed by atoms with Crippen molar-refractivity contribution in [2.45, 2.75) is 12.4 Å². The van der Waals surface area contributed by atoms with Gasteiger partial charge in [0.2, 0.25) is 0 Å². The van der Waals surface area contributed by atoms with Crippen LogP contribution in [0.5, 0.6) is 5.75 Å². The molecule has 2 rings (SSSR count). The molecule has 0 saturated carbocycles. The summed E-state index contributed by atoms with van der Waals surface area (Å²) in [5.41, 5.74) is 2.40. The van der Waals surface area contributed by atoms with Crippen LogP contribution in [0.1, 0.15) is 11.1 Å². The van der Waals surface area contributed by atoms with Crippen molar-refractivity contribution in [3.63, 3.8) is 0 Å². The van der Waals surface area contributed by atoms with Gasteiger partial charge in [-0.15, -0.1) is 11.6 Å². The predicted molar refractivity (Wildman–Crippen MR) is 87.3 cm³/mol. The molecule has 2 aromatic carbocycles. The Bertz CT molecular complexity index is 530. The van der Waals surface area contributed by atoms with Gasteiger partial charge >= 0.3 is 0 Å². The fourth-order valence-corrected chi connectivity index (χ4v) is 2.33. The molecular weight excluding hydrogens is 338 g/mol. The Kier molecular flexibility index (Phi) is 6.37. The monoisotopic (exact) mass is 353 g/mol. The molecule has 106 valence electrons. The second-order valence-corrected chi connectivity index (χ2v) is 5.62. The molecule has 0 heterocycles. The second kappa shape index (κ2) is 8.30.